The fourth-order valence-electron chi connectivity index (χ4n) is 2.86. The van der Waals surface area contributed by atoms with Gasteiger partial charge in [-0.2, -0.15) is 0 Å². The van der Waals surface area contributed by atoms with Gasteiger partial charge in [0, 0.05) is 32.4 Å². The number of nitrogens with zero attached hydrogens (tertiary/aromatic N) is 2. The zero-order valence-electron chi connectivity index (χ0n) is 13.1. The Bertz CT molecular complexity index is 576. The summed E-state index contributed by atoms with van der Waals surface area (Å²) in [5.74, 6) is -1.76. The van der Waals surface area contributed by atoms with E-state index in [1.807, 2.05) is 6.07 Å². The van der Waals surface area contributed by atoms with E-state index in [1.165, 1.54) is 4.90 Å². The van der Waals surface area contributed by atoms with E-state index in [1.54, 1.807) is 25.5 Å². The van der Waals surface area contributed by atoms with E-state index < -0.39 is 12.0 Å². The van der Waals surface area contributed by atoms with Crippen molar-refractivity contribution in [2.45, 2.75) is 31.7 Å². The fraction of sp³-hybridized carbons (Fsp3) is 0.500. The minimum atomic E-state index is -1.02. The highest BCUT2D eigenvalue weighted by atomic mass is 16.4. The van der Waals surface area contributed by atoms with Gasteiger partial charge in [0.1, 0.15) is 6.04 Å². The molecule has 2 N–H and O–H groups in total. The Kier molecular flexibility index (Phi) is 5.67. The van der Waals surface area contributed by atoms with E-state index >= 15 is 0 Å². The highest BCUT2D eigenvalue weighted by Crippen LogP contribution is 2.23. The largest absolute Gasteiger partial charge is 0.480 e. The van der Waals surface area contributed by atoms with Crippen LogP contribution in [0.4, 0.5) is 0 Å². The molecule has 0 spiro atoms. The van der Waals surface area contributed by atoms with Crippen LogP contribution in [0.25, 0.3) is 0 Å². The first-order chi connectivity index (χ1) is 11.0. The third-order valence-corrected chi connectivity index (χ3v) is 4.15. The number of likely N-dealkylation sites (tertiary alicyclic amines) is 1. The van der Waals surface area contributed by atoms with Crippen LogP contribution in [-0.2, 0) is 20.8 Å². The number of carboxylic acid groups (broad SMARTS) is 1. The number of aryl methyl sites for hydroxylation is 1. The molecule has 1 fully saturated rings. The lowest BCUT2D eigenvalue weighted by molar-refractivity contribution is -0.154. The van der Waals surface area contributed by atoms with Gasteiger partial charge in [-0.05, 0) is 30.9 Å². The summed E-state index contributed by atoms with van der Waals surface area (Å²) in [4.78, 5) is 41.0. The Morgan fingerprint density at radius 1 is 1.39 bits per heavy atom. The van der Waals surface area contributed by atoms with Crippen LogP contribution in [-0.4, -0.2) is 52.4 Å². The molecule has 1 aromatic rings. The zero-order chi connectivity index (χ0) is 16.8. The van der Waals surface area contributed by atoms with Gasteiger partial charge in [0.2, 0.25) is 11.8 Å². The predicted molar refractivity (Wildman–Crippen MR) is 82.5 cm³/mol. The molecule has 23 heavy (non-hydrogen) atoms. The highest BCUT2D eigenvalue weighted by molar-refractivity contribution is 5.86. The number of aliphatic carboxylic acids is 1. The van der Waals surface area contributed by atoms with Gasteiger partial charge in [-0.25, -0.2) is 4.79 Å². The lowest BCUT2D eigenvalue weighted by atomic mass is 9.91. The number of pyridine rings is 1. The lowest BCUT2D eigenvalue weighted by Gasteiger charge is -2.36. The van der Waals surface area contributed by atoms with Gasteiger partial charge in [0.15, 0.2) is 0 Å². The summed E-state index contributed by atoms with van der Waals surface area (Å²) >= 11 is 0. The molecular weight excluding hydrogens is 298 g/mol. The summed E-state index contributed by atoms with van der Waals surface area (Å²) in [5.41, 5.74) is 0.924. The summed E-state index contributed by atoms with van der Waals surface area (Å²) < 4.78 is 0. The highest BCUT2D eigenvalue weighted by Gasteiger charge is 2.37. The Labute approximate surface area is 134 Å². The predicted octanol–water partition coefficient (Wildman–Crippen LogP) is 0.452. The maximum atomic E-state index is 12.5. The van der Waals surface area contributed by atoms with Crippen molar-refractivity contribution >= 4 is 17.8 Å². The van der Waals surface area contributed by atoms with Crippen molar-refractivity contribution in [2.24, 2.45) is 5.92 Å². The second kappa shape index (κ2) is 7.71. The first-order valence-electron chi connectivity index (χ1n) is 7.65. The van der Waals surface area contributed by atoms with Crippen LogP contribution in [0.5, 0.6) is 0 Å². The molecule has 2 atom stereocenters. The van der Waals surface area contributed by atoms with Gasteiger partial charge in [-0.1, -0.05) is 6.07 Å². The number of piperidine rings is 1. The number of hydrogen-bond acceptors (Lipinski definition) is 4. The van der Waals surface area contributed by atoms with Crippen molar-refractivity contribution < 1.29 is 19.5 Å². The van der Waals surface area contributed by atoms with E-state index in [-0.39, 0.29) is 30.7 Å². The normalized spacial score (nSPS) is 20.8. The Balaban J connectivity index is 2.03. The number of carbonyl (C=O) groups is 3. The lowest BCUT2D eigenvalue weighted by Crippen LogP contribution is -2.53. The molecular formula is C16H21N3O4. The smallest absolute Gasteiger partial charge is 0.326 e. The molecule has 124 valence electrons. The fourth-order valence-corrected chi connectivity index (χ4v) is 2.86. The number of rotatable bonds is 5. The number of amides is 2. The van der Waals surface area contributed by atoms with Crippen molar-refractivity contribution in [3.63, 3.8) is 0 Å². The van der Waals surface area contributed by atoms with Crippen LogP contribution in [0, 0.1) is 5.92 Å². The van der Waals surface area contributed by atoms with E-state index in [2.05, 4.69) is 10.3 Å². The van der Waals surface area contributed by atoms with Gasteiger partial charge in [-0.3, -0.25) is 14.6 Å². The van der Waals surface area contributed by atoms with Gasteiger partial charge in [0.25, 0.3) is 0 Å². The molecule has 1 aliphatic rings. The minimum Gasteiger partial charge on any atom is -0.480 e. The summed E-state index contributed by atoms with van der Waals surface area (Å²) in [6.07, 6.45) is 4.82. The van der Waals surface area contributed by atoms with Crippen molar-refractivity contribution in [2.75, 3.05) is 13.6 Å². The molecule has 7 nitrogen and oxygen atoms in total. The number of carboxylic acids is 1. The number of carbonyl (C=O) groups excluding carboxylic acids is 2. The van der Waals surface area contributed by atoms with Crippen LogP contribution in [0.3, 0.4) is 0 Å². The maximum absolute atomic E-state index is 12.5. The molecule has 2 heterocycles. The van der Waals surface area contributed by atoms with Gasteiger partial charge < -0.3 is 15.3 Å². The zero-order valence-corrected chi connectivity index (χ0v) is 13.1. The van der Waals surface area contributed by atoms with Crippen molar-refractivity contribution in [3.8, 4) is 0 Å². The molecule has 0 bridgehead atoms. The molecule has 2 amide bonds. The number of hydrogen-bond donors (Lipinski definition) is 2. The second-order valence-electron chi connectivity index (χ2n) is 5.65. The van der Waals surface area contributed by atoms with Crippen molar-refractivity contribution in [1.82, 2.24) is 15.2 Å². The van der Waals surface area contributed by atoms with Crippen LogP contribution < -0.4 is 5.32 Å². The average Bonchev–Trinajstić information content (AvgIpc) is 2.59. The van der Waals surface area contributed by atoms with Gasteiger partial charge >= 0.3 is 5.97 Å². The molecule has 0 aliphatic carbocycles. The summed E-state index contributed by atoms with van der Waals surface area (Å²) in [5, 5.41) is 11.9. The second-order valence-corrected chi connectivity index (χ2v) is 5.65. The SMILES string of the molecule is CNC(=O)[C@H]1CC[C@@H](C(=O)O)N(C(=O)CCc2cccnc2)C1. The Hall–Kier alpha value is -2.44. The summed E-state index contributed by atoms with van der Waals surface area (Å²) in [7, 11) is 1.54. The van der Waals surface area contributed by atoms with E-state index in [0.717, 1.165) is 5.56 Å². The van der Waals surface area contributed by atoms with Gasteiger partial charge in [0.05, 0.1) is 5.92 Å². The van der Waals surface area contributed by atoms with Crippen LogP contribution in [0.2, 0.25) is 0 Å². The molecule has 2 rings (SSSR count). The third kappa shape index (κ3) is 4.28. The number of aromatic nitrogens is 1. The Morgan fingerprint density at radius 3 is 2.78 bits per heavy atom. The van der Waals surface area contributed by atoms with E-state index in [4.69, 9.17) is 0 Å². The molecule has 0 aromatic carbocycles. The Morgan fingerprint density at radius 2 is 2.17 bits per heavy atom. The van der Waals surface area contributed by atoms with E-state index in [0.29, 0.717) is 19.3 Å². The van der Waals surface area contributed by atoms with Crippen molar-refractivity contribution in [3.05, 3.63) is 30.1 Å². The molecule has 0 saturated carbocycles. The third-order valence-electron chi connectivity index (χ3n) is 4.15. The topological polar surface area (TPSA) is 99.6 Å². The van der Waals surface area contributed by atoms with E-state index in [9.17, 15) is 19.5 Å². The minimum absolute atomic E-state index is 0.154. The van der Waals surface area contributed by atoms with Crippen LogP contribution in [0.15, 0.2) is 24.5 Å². The molecule has 7 heteroatoms. The monoisotopic (exact) mass is 319 g/mol. The van der Waals surface area contributed by atoms with Crippen LogP contribution in [0.1, 0.15) is 24.8 Å². The first kappa shape index (κ1) is 16.9. The summed E-state index contributed by atoms with van der Waals surface area (Å²) in [6, 6.07) is 2.82. The standard InChI is InChI=1S/C16H21N3O4/c1-17-15(21)12-5-6-13(16(22)23)19(10-12)14(20)7-4-11-3-2-8-18-9-11/h2-3,8-9,12-13H,4-7,10H2,1H3,(H,17,21)(H,22,23)/t12-,13-/m0/s1. The summed E-state index contributed by atoms with van der Waals surface area (Å²) in [6.45, 7) is 0.155. The molecule has 0 unspecified atom stereocenters. The molecule has 0 radical (unpaired) electrons. The van der Waals surface area contributed by atoms with Crippen LogP contribution >= 0.6 is 0 Å². The number of nitrogens with one attached hydrogen (secondary N) is 1. The molecule has 1 aromatic heterocycles. The molecule has 1 saturated heterocycles. The quantitative estimate of drug-likeness (QED) is 0.821. The first-order valence-corrected chi connectivity index (χ1v) is 7.65. The maximum Gasteiger partial charge on any atom is 0.326 e. The average molecular weight is 319 g/mol. The molecule has 1 aliphatic heterocycles. The van der Waals surface area contributed by atoms with Gasteiger partial charge in [-0.15, -0.1) is 0 Å². The van der Waals surface area contributed by atoms with Crippen molar-refractivity contribution in [1.29, 1.82) is 0 Å².